The number of likely N-dealkylation sites (tertiary alicyclic amines) is 1. The third-order valence-electron chi connectivity index (χ3n) is 5.59. The van der Waals surface area contributed by atoms with Gasteiger partial charge in [-0.3, -0.25) is 14.5 Å². The summed E-state index contributed by atoms with van der Waals surface area (Å²) in [5, 5.41) is 12.2. The van der Waals surface area contributed by atoms with Crippen LogP contribution in [0, 0.1) is 11.8 Å². The van der Waals surface area contributed by atoms with Gasteiger partial charge in [-0.2, -0.15) is 0 Å². The molecule has 6 nitrogen and oxygen atoms in total. The fraction of sp³-hybridized carbons (Fsp3) is 0.882. The number of rotatable bonds is 7. The summed E-state index contributed by atoms with van der Waals surface area (Å²) in [7, 11) is 2.10. The second kappa shape index (κ2) is 7.18. The third-order valence-corrected chi connectivity index (χ3v) is 5.59. The fourth-order valence-corrected chi connectivity index (χ4v) is 3.74. The summed E-state index contributed by atoms with van der Waals surface area (Å²) in [5.41, 5.74) is 0. The predicted octanol–water partition coefficient (Wildman–Crippen LogP) is 0.772. The predicted molar refractivity (Wildman–Crippen MR) is 87.1 cm³/mol. The average Bonchev–Trinajstić information content (AvgIpc) is 3.25. The number of hydrogen-bond donors (Lipinski definition) is 2. The Bertz CT molecular complexity index is 438. The number of carboxylic acid groups (broad SMARTS) is 1. The molecule has 1 saturated heterocycles. The highest BCUT2D eigenvalue weighted by Gasteiger charge is 2.38. The van der Waals surface area contributed by atoms with Crippen LogP contribution in [0.1, 0.15) is 38.5 Å². The first-order valence-corrected chi connectivity index (χ1v) is 8.96. The summed E-state index contributed by atoms with van der Waals surface area (Å²) >= 11 is 0. The van der Waals surface area contributed by atoms with Crippen LogP contribution >= 0.6 is 0 Å². The first-order chi connectivity index (χ1) is 11.0. The molecule has 1 amide bonds. The maximum atomic E-state index is 12.3. The first-order valence-electron chi connectivity index (χ1n) is 8.96. The Labute approximate surface area is 138 Å². The molecule has 2 N–H and O–H groups in total. The maximum absolute atomic E-state index is 12.3. The fourth-order valence-electron chi connectivity index (χ4n) is 3.74. The van der Waals surface area contributed by atoms with Crippen LogP contribution in [-0.2, 0) is 9.59 Å². The zero-order valence-corrected chi connectivity index (χ0v) is 14.0. The summed E-state index contributed by atoms with van der Waals surface area (Å²) in [6.45, 7) is 3.04. The molecule has 0 unspecified atom stereocenters. The number of amides is 1. The number of piperidine rings is 1. The molecule has 3 rings (SSSR count). The standard InChI is InChI=1S/C17H29N3O3/c1-19-6-4-13(5-7-19)17(23)18-14-8-15(9-14)20(11-16(21)22)10-12-2-3-12/h12-15H,2-11H2,1H3,(H,18,23)(H,21,22). The topological polar surface area (TPSA) is 72.9 Å². The smallest absolute Gasteiger partial charge is 0.317 e. The van der Waals surface area contributed by atoms with E-state index in [-0.39, 0.29) is 24.4 Å². The highest BCUT2D eigenvalue weighted by atomic mass is 16.4. The van der Waals surface area contributed by atoms with Crippen LogP contribution in [0.2, 0.25) is 0 Å². The van der Waals surface area contributed by atoms with E-state index in [1.807, 2.05) is 0 Å². The number of nitrogens with zero attached hydrogens (tertiary/aromatic N) is 2. The monoisotopic (exact) mass is 323 g/mol. The van der Waals surface area contributed by atoms with Crippen molar-refractivity contribution >= 4 is 11.9 Å². The molecule has 0 aromatic rings. The minimum Gasteiger partial charge on any atom is -0.480 e. The minimum atomic E-state index is -0.746. The van der Waals surface area contributed by atoms with E-state index in [1.54, 1.807) is 0 Å². The third kappa shape index (κ3) is 4.67. The highest BCUT2D eigenvalue weighted by molar-refractivity contribution is 5.79. The van der Waals surface area contributed by atoms with Gasteiger partial charge in [-0.25, -0.2) is 0 Å². The van der Waals surface area contributed by atoms with Crippen molar-refractivity contribution in [3.63, 3.8) is 0 Å². The van der Waals surface area contributed by atoms with Gasteiger partial charge in [0, 0.05) is 24.5 Å². The molecule has 0 radical (unpaired) electrons. The molecule has 130 valence electrons. The van der Waals surface area contributed by atoms with Crippen molar-refractivity contribution < 1.29 is 14.7 Å². The largest absolute Gasteiger partial charge is 0.480 e. The SMILES string of the molecule is CN1CCC(C(=O)NC2CC(N(CC(=O)O)CC3CC3)C2)CC1. The Hall–Kier alpha value is -1.14. The van der Waals surface area contributed by atoms with E-state index in [4.69, 9.17) is 5.11 Å². The van der Waals surface area contributed by atoms with Crippen molar-refractivity contribution in [1.29, 1.82) is 0 Å². The number of hydrogen-bond acceptors (Lipinski definition) is 4. The lowest BCUT2D eigenvalue weighted by molar-refractivity contribution is -0.140. The van der Waals surface area contributed by atoms with Gasteiger partial charge in [0.05, 0.1) is 6.54 Å². The van der Waals surface area contributed by atoms with E-state index in [2.05, 4.69) is 22.2 Å². The molecule has 0 aromatic carbocycles. The van der Waals surface area contributed by atoms with E-state index in [1.165, 1.54) is 12.8 Å². The van der Waals surface area contributed by atoms with Crippen LogP contribution in [0.4, 0.5) is 0 Å². The minimum absolute atomic E-state index is 0.136. The highest BCUT2D eigenvalue weighted by Crippen LogP contribution is 2.34. The zero-order valence-electron chi connectivity index (χ0n) is 14.0. The van der Waals surface area contributed by atoms with Crippen molar-refractivity contribution in [2.24, 2.45) is 11.8 Å². The number of carboxylic acids is 1. The molecule has 3 fully saturated rings. The lowest BCUT2D eigenvalue weighted by atomic mass is 9.84. The summed E-state index contributed by atoms with van der Waals surface area (Å²) < 4.78 is 0. The van der Waals surface area contributed by atoms with Crippen molar-refractivity contribution in [2.75, 3.05) is 33.2 Å². The Balaban J connectivity index is 1.40. The molecule has 2 saturated carbocycles. The number of nitrogens with one attached hydrogen (secondary N) is 1. The molecule has 0 aromatic heterocycles. The van der Waals surface area contributed by atoms with Gasteiger partial charge in [0.15, 0.2) is 0 Å². The molecule has 1 heterocycles. The van der Waals surface area contributed by atoms with Crippen molar-refractivity contribution in [1.82, 2.24) is 15.1 Å². The molecule has 0 atom stereocenters. The van der Waals surface area contributed by atoms with Crippen LogP contribution in [0.25, 0.3) is 0 Å². The quantitative estimate of drug-likeness (QED) is 0.724. The van der Waals surface area contributed by atoms with Gasteiger partial charge >= 0.3 is 5.97 Å². The summed E-state index contributed by atoms with van der Waals surface area (Å²) in [4.78, 5) is 27.7. The van der Waals surface area contributed by atoms with Crippen LogP contribution < -0.4 is 5.32 Å². The Morgan fingerprint density at radius 2 is 1.83 bits per heavy atom. The number of carbonyl (C=O) groups excluding carboxylic acids is 1. The summed E-state index contributed by atoms with van der Waals surface area (Å²) in [5.74, 6) is 0.312. The van der Waals surface area contributed by atoms with Crippen molar-refractivity contribution in [2.45, 2.75) is 50.6 Å². The zero-order chi connectivity index (χ0) is 16.4. The lowest BCUT2D eigenvalue weighted by Gasteiger charge is -2.43. The molecular formula is C17H29N3O3. The number of carbonyl (C=O) groups is 2. The van der Waals surface area contributed by atoms with Gasteiger partial charge in [-0.05, 0) is 64.6 Å². The van der Waals surface area contributed by atoms with Gasteiger partial charge in [-0.15, -0.1) is 0 Å². The molecule has 23 heavy (non-hydrogen) atoms. The second-order valence-corrected chi connectivity index (χ2v) is 7.67. The van der Waals surface area contributed by atoms with Crippen LogP contribution in [-0.4, -0.2) is 72.1 Å². The van der Waals surface area contributed by atoms with Crippen LogP contribution in [0.3, 0.4) is 0 Å². The van der Waals surface area contributed by atoms with Crippen molar-refractivity contribution in [3.05, 3.63) is 0 Å². The summed E-state index contributed by atoms with van der Waals surface area (Å²) in [6, 6.07) is 0.567. The van der Waals surface area contributed by atoms with Gasteiger partial charge in [0.25, 0.3) is 0 Å². The molecule has 0 bridgehead atoms. The molecular weight excluding hydrogens is 294 g/mol. The van der Waals surface area contributed by atoms with Gasteiger partial charge in [-0.1, -0.05) is 0 Å². The van der Waals surface area contributed by atoms with E-state index in [0.717, 1.165) is 45.3 Å². The average molecular weight is 323 g/mol. The lowest BCUT2D eigenvalue weighted by Crippen LogP contribution is -2.56. The summed E-state index contributed by atoms with van der Waals surface area (Å²) in [6.07, 6.45) is 6.17. The van der Waals surface area contributed by atoms with Crippen molar-refractivity contribution in [3.8, 4) is 0 Å². The molecule has 0 spiro atoms. The first kappa shape index (κ1) is 16.7. The Kier molecular flexibility index (Phi) is 5.21. The second-order valence-electron chi connectivity index (χ2n) is 7.67. The Morgan fingerprint density at radius 3 is 2.39 bits per heavy atom. The normalized spacial score (nSPS) is 29.3. The van der Waals surface area contributed by atoms with Crippen LogP contribution in [0.15, 0.2) is 0 Å². The van der Waals surface area contributed by atoms with Gasteiger partial charge in [0.2, 0.25) is 5.91 Å². The van der Waals surface area contributed by atoms with E-state index in [9.17, 15) is 9.59 Å². The Morgan fingerprint density at radius 1 is 1.17 bits per heavy atom. The molecule has 1 aliphatic heterocycles. The molecule has 6 heteroatoms. The van der Waals surface area contributed by atoms with Gasteiger partial charge in [0.1, 0.15) is 0 Å². The van der Waals surface area contributed by atoms with E-state index in [0.29, 0.717) is 12.0 Å². The van der Waals surface area contributed by atoms with Gasteiger partial charge < -0.3 is 15.3 Å². The molecule has 2 aliphatic carbocycles. The van der Waals surface area contributed by atoms with E-state index < -0.39 is 5.97 Å². The van der Waals surface area contributed by atoms with E-state index >= 15 is 0 Å². The number of aliphatic carboxylic acids is 1. The maximum Gasteiger partial charge on any atom is 0.317 e. The molecule has 3 aliphatic rings. The van der Waals surface area contributed by atoms with Crippen LogP contribution in [0.5, 0.6) is 0 Å².